The largest absolute Gasteiger partial charge is 0.393 e. The Labute approximate surface area is 134 Å². The van der Waals surface area contributed by atoms with Gasteiger partial charge in [-0.1, -0.05) is 5.21 Å². The molecule has 5 nitrogen and oxygen atoms in total. The van der Waals surface area contributed by atoms with Crippen LogP contribution in [0.2, 0.25) is 0 Å². The van der Waals surface area contributed by atoms with E-state index in [2.05, 4.69) is 10.3 Å². The minimum absolute atomic E-state index is 0.00199. The van der Waals surface area contributed by atoms with E-state index in [-0.39, 0.29) is 25.2 Å². The zero-order chi connectivity index (χ0) is 17.5. The molecule has 2 aromatic rings. The van der Waals surface area contributed by atoms with Crippen molar-refractivity contribution < 1.29 is 22.4 Å². The van der Waals surface area contributed by atoms with Gasteiger partial charge in [-0.3, -0.25) is 4.79 Å². The van der Waals surface area contributed by atoms with Gasteiger partial charge in [0.15, 0.2) is 5.69 Å². The minimum atomic E-state index is -4.31. The molecule has 0 radical (unpaired) electrons. The molecule has 1 aliphatic rings. The van der Waals surface area contributed by atoms with Crippen molar-refractivity contribution in [3.05, 3.63) is 41.5 Å². The predicted octanol–water partition coefficient (Wildman–Crippen LogP) is 2.74. The number of hydrogen-bond acceptors (Lipinski definition) is 3. The molecule has 1 atom stereocenters. The molecule has 128 valence electrons. The summed E-state index contributed by atoms with van der Waals surface area (Å²) in [5, 5.41) is 7.64. The molecular weight excluding hydrogens is 328 g/mol. The number of nitrogens with zero attached hydrogens (tertiary/aromatic N) is 4. The van der Waals surface area contributed by atoms with Crippen LogP contribution >= 0.6 is 0 Å². The van der Waals surface area contributed by atoms with Crippen molar-refractivity contribution in [1.82, 2.24) is 19.9 Å². The Morgan fingerprint density at radius 3 is 2.50 bits per heavy atom. The van der Waals surface area contributed by atoms with Gasteiger partial charge in [0.1, 0.15) is 5.82 Å². The van der Waals surface area contributed by atoms with Gasteiger partial charge >= 0.3 is 6.18 Å². The third kappa shape index (κ3) is 2.98. The van der Waals surface area contributed by atoms with Crippen LogP contribution < -0.4 is 0 Å². The van der Waals surface area contributed by atoms with E-state index in [0.717, 1.165) is 4.90 Å². The van der Waals surface area contributed by atoms with Gasteiger partial charge in [-0.2, -0.15) is 13.2 Å². The Kier molecular flexibility index (Phi) is 4.02. The van der Waals surface area contributed by atoms with Crippen LogP contribution in [0.4, 0.5) is 17.6 Å². The molecule has 0 aliphatic carbocycles. The zero-order valence-corrected chi connectivity index (χ0v) is 12.7. The van der Waals surface area contributed by atoms with E-state index in [4.69, 9.17) is 0 Å². The number of rotatable bonds is 2. The summed E-state index contributed by atoms with van der Waals surface area (Å²) in [5.74, 6) is -2.50. The number of alkyl halides is 3. The maximum absolute atomic E-state index is 13.0. The first kappa shape index (κ1) is 16.4. The second-order valence-electron chi connectivity index (χ2n) is 5.69. The molecule has 1 aliphatic heterocycles. The summed E-state index contributed by atoms with van der Waals surface area (Å²) in [6, 6.07) is 5.43. The molecule has 1 saturated heterocycles. The monoisotopic (exact) mass is 342 g/mol. The lowest BCUT2D eigenvalue weighted by Crippen LogP contribution is -2.32. The summed E-state index contributed by atoms with van der Waals surface area (Å²) in [4.78, 5) is 13.6. The zero-order valence-electron chi connectivity index (χ0n) is 12.7. The van der Waals surface area contributed by atoms with Gasteiger partial charge in [0, 0.05) is 13.1 Å². The normalized spacial score (nSPS) is 18.2. The quantitative estimate of drug-likeness (QED) is 0.789. The molecule has 2 heterocycles. The number of amides is 1. The van der Waals surface area contributed by atoms with Crippen LogP contribution in [0.1, 0.15) is 22.6 Å². The predicted molar refractivity (Wildman–Crippen MR) is 76.1 cm³/mol. The summed E-state index contributed by atoms with van der Waals surface area (Å²) in [6.45, 7) is 1.25. The number of hydrogen-bond donors (Lipinski definition) is 0. The molecular formula is C15H14F4N4O. The third-order valence-electron chi connectivity index (χ3n) is 4.11. The van der Waals surface area contributed by atoms with Crippen LogP contribution in [0.3, 0.4) is 0 Å². The maximum atomic E-state index is 13.0. The second-order valence-corrected chi connectivity index (χ2v) is 5.69. The van der Waals surface area contributed by atoms with Crippen molar-refractivity contribution in [3.8, 4) is 5.69 Å². The van der Waals surface area contributed by atoms with Crippen molar-refractivity contribution >= 4 is 5.91 Å². The van der Waals surface area contributed by atoms with Crippen LogP contribution in [0.25, 0.3) is 5.69 Å². The first-order chi connectivity index (χ1) is 11.3. The topological polar surface area (TPSA) is 51.0 Å². The maximum Gasteiger partial charge on any atom is 0.393 e. The van der Waals surface area contributed by atoms with Crippen LogP contribution in [0, 0.1) is 18.7 Å². The first-order valence-electron chi connectivity index (χ1n) is 7.31. The fourth-order valence-corrected chi connectivity index (χ4v) is 2.72. The fourth-order valence-electron chi connectivity index (χ4n) is 2.72. The van der Waals surface area contributed by atoms with E-state index < -0.39 is 23.8 Å². The Bertz CT molecular complexity index is 754. The molecule has 1 aromatic carbocycles. The van der Waals surface area contributed by atoms with E-state index in [1.54, 1.807) is 6.92 Å². The summed E-state index contributed by atoms with van der Waals surface area (Å²) in [6.07, 6.45) is -4.42. The molecule has 1 fully saturated rings. The van der Waals surface area contributed by atoms with Crippen molar-refractivity contribution in [2.75, 3.05) is 13.1 Å². The molecule has 0 N–H and O–H groups in total. The molecule has 3 rings (SSSR count). The lowest BCUT2D eigenvalue weighted by molar-refractivity contribution is -0.169. The molecule has 24 heavy (non-hydrogen) atoms. The van der Waals surface area contributed by atoms with Gasteiger partial charge in [-0.25, -0.2) is 9.07 Å². The lowest BCUT2D eigenvalue weighted by atomic mass is 10.1. The van der Waals surface area contributed by atoms with E-state index in [1.807, 2.05) is 0 Å². The van der Waals surface area contributed by atoms with Crippen molar-refractivity contribution in [1.29, 1.82) is 0 Å². The average Bonchev–Trinajstić information content (AvgIpc) is 3.14. The number of carbonyl (C=O) groups is 1. The third-order valence-corrected chi connectivity index (χ3v) is 4.11. The highest BCUT2D eigenvalue weighted by molar-refractivity contribution is 5.93. The van der Waals surface area contributed by atoms with Crippen molar-refractivity contribution in [2.24, 2.45) is 5.92 Å². The summed E-state index contributed by atoms with van der Waals surface area (Å²) in [5.41, 5.74) is 0.902. The van der Waals surface area contributed by atoms with Gasteiger partial charge in [-0.15, -0.1) is 5.10 Å². The van der Waals surface area contributed by atoms with Gasteiger partial charge in [-0.05, 0) is 37.6 Å². The summed E-state index contributed by atoms with van der Waals surface area (Å²) in [7, 11) is 0. The highest BCUT2D eigenvalue weighted by Gasteiger charge is 2.45. The number of carbonyl (C=O) groups excluding carboxylic acids is 1. The fraction of sp³-hybridized carbons (Fsp3) is 0.400. The Hall–Kier alpha value is -2.45. The van der Waals surface area contributed by atoms with E-state index in [0.29, 0.717) is 11.4 Å². The van der Waals surface area contributed by atoms with Gasteiger partial charge < -0.3 is 4.90 Å². The molecule has 1 amide bonds. The number of benzene rings is 1. The Balaban J connectivity index is 1.81. The van der Waals surface area contributed by atoms with Crippen LogP contribution in [-0.4, -0.2) is 45.1 Å². The molecule has 1 aromatic heterocycles. The standard InChI is InChI=1S/C15H14F4N4O/c1-9-13(14(24)22-7-6-10(8-22)15(17,18)19)20-21-23(9)12-4-2-11(16)3-5-12/h2-5,10H,6-8H2,1H3/t10-/m0/s1. The number of halogens is 4. The average molecular weight is 342 g/mol. The summed E-state index contributed by atoms with van der Waals surface area (Å²) >= 11 is 0. The lowest BCUT2D eigenvalue weighted by Gasteiger charge is -2.17. The molecule has 0 bridgehead atoms. The van der Waals surface area contributed by atoms with Crippen molar-refractivity contribution in [2.45, 2.75) is 19.5 Å². The molecule has 0 saturated carbocycles. The highest BCUT2D eigenvalue weighted by atomic mass is 19.4. The molecule has 0 spiro atoms. The van der Waals surface area contributed by atoms with E-state index >= 15 is 0 Å². The Morgan fingerprint density at radius 2 is 1.92 bits per heavy atom. The van der Waals surface area contributed by atoms with Crippen LogP contribution in [0.5, 0.6) is 0 Å². The smallest absolute Gasteiger partial charge is 0.337 e. The second kappa shape index (κ2) is 5.88. The first-order valence-corrected chi connectivity index (χ1v) is 7.31. The minimum Gasteiger partial charge on any atom is -0.337 e. The molecule has 9 heteroatoms. The van der Waals surface area contributed by atoms with Crippen LogP contribution in [0.15, 0.2) is 24.3 Å². The van der Waals surface area contributed by atoms with Crippen molar-refractivity contribution in [3.63, 3.8) is 0 Å². The summed E-state index contributed by atoms with van der Waals surface area (Å²) < 4.78 is 52.5. The SMILES string of the molecule is Cc1c(C(=O)N2CC[C@H](C(F)(F)F)C2)nnn1-c1ccc(F)cc1. The van der Waals surface area contributed by atoms with Gasteiger partial charge in [0.2, 0.25) is 0 Å². The molecule has 0 unspecified atom stereocenters. The van der Waals surface area contributed by atoms with Gasteiger partial charge in [0.25, 0.3) is 5.91 Å². The van der Waals surface area contributed by atoms with Gasteiger partial charge in [0.05, 0.1) is 17.3 Å². The van der Waals surface area contributed by atoms with E-state index in [9.17, 15) is 22.4 Å². The number of likely N-dealkylation sites (tertiary alicyclic amines) is 1. The number of aromatic nitrogens is 3. The van der Waals surface area contributed by atoms with E-state index in [1.165, 1.54) is 28.9 Å². The highest BCUT2D eigenvalue weighted by Crippen LogP contribution is 2.34. The Morgan fingerprint density at radius 1 is 1.25 bits per heavy atom. The van der Waals surface area contributed by atoms with Crippen LogP contribution in [-0.2, 0) is 0 Å².